The first-order valence-corrected chi connectivity index (χ1v) is 9.36. The molecule has 2 aromatic rings. The smallest absolute Gasteiger partial charge is 0.479 e. The van der Waals surface area contributed by atoms with Gasteiger partial charge in [0.25, 0.3) is 0 Å². The van der Waals surface area contributed by atoms with Gasteiger partial charge in [0.1, 0.15) is 11.9 Å². The Morgan fingerprint density at radius 3 is 2.16 bits per heavy atom. The van der Waals surface area contributed by atoms with Gasteiger partial charge in [0.05, 0.1) is 18.8 Å². The molecular formula is C21H21F3O7. The topological polar surface area (TPSA) is 116 Å². The summed E-state index contributed by atoms with van der Waals surface area (Å²) in [5.41, 5.74) is -0.0343. The monoisotopic (exact) mass is 442 g/mol. The summed E-state index contributed by atoms with van der Waals surface area (Å²) in [6.07, 6.45) is -9.92. The van der Waals surface area contributed by atoms with Crippen molar-refractivity contribution in [2.45, 2.75) is 49.7 Å². The van der Waals surface area contributed by atoms with Crippen molar-refractivity contribution in [3.8, 4) is 16.9 Å². The summed E-state index contributed by atoms with van der Waals surface area (Å²) in [5, 5.41) is 39.0. The zero-order valence-electron chi connectivity index (χ0n) is 16.1. The minimum Gasteiger partial charge on any atom is -0.479 e. The SMILES string of the molecule is O=C(O)C1(OCc2cccc(-c3ccc(OC(F)(F)F)cc3)c2)C[C@@H](O)C(O)[C@@H](O)C1. The predicted octanol–water partition coefficient (Wildman–Crippen LogP) is 2.47. The van der Waals surface area contributed by atoms with Gasteiger partial charge in [0.2, 0.25) is 0 Å². The third-order valence-electron chi connectivity index (χ3n) is 5.12. The molecule has 168 valence electrons. The molecule has 0 bridgehead atoms. The van der Waals surface area contributed by atoms with E-state index in [4.69, 9.17) is 4.74 Å². The Balaban J connectivity index is 1.74. The van der Waals surface area contributed by atoms with E-state index in [2.05, 4.69) is 4.74 Å². The van der Waals surface area contributed by atoms with Crippen LogP contribution in [0.1, 0.15) is 18.4 Å². The second-order valence-corrected chi connectivity index (χ2v) is 7.39. The molecule has 0 saturated heterocycles. The third-order valence-corrected chi connectivity index (χ3v) is 5.12. The zero-order chi connectivity index (χ0) is 22.8. The Kier molecular flexibility index (Phi) is 6.56. The number of carboxylic acids is 1. The van der Waals surface area contributed by atoms with Gasteiger partial charge in [-0.3, -0.25) is 0 Å². The molecule has 2 unspecified atom stereocenters. The number of aliphatic hydroxyl groups excluding tert-OH is 3. The molecule has 0 aliphatic heterocycles. The van der Waals surface area contributed by atoms with Crippen LogP contribution in [-0.4, -0.2) is 56.7 Å². The second kappa shape index (κ2) is 8.83. The number of aliphatic carboxylic acids is 1. The summed E-state index contributed by atoms with van der Waals surface area (Å²) in [6.45, 7) is -0.162. The van der Waals surface area contributed by atoms with E-state index in [0.717, 1.165) is 0 Å². The van der Waals surface area contributed by atoms with Crippen LogP contribution in [0.5, 0.6) is 5.75 Å². The number of carbonyl (C=O) groups is 1. The largest absolute Gasteiger partial charge is 0.573 e. The lowest BCUT2D eigenvalue weighted by molar-refractivity contribution is -0.274. The summed E-state index contributed by atoms with van der Waals surface area (Å²) >= 11 is 0. The number of hydrogen-bond donors (Lipinski definition) is 4. The molecule has 1 saturated carbocycles. The van der Waals surface area contributed by atoms with Crippen molar-refractivity contribution in [2.24, 2.45) is 0 Å². The van der Waals surface area contributed by atoms with Gasteiger partial charge in [-0.15, -0.1) is 13.2 Å². The fourth-order valence-electron chi connectivity index (χ4n) is 3.52. The Morgan fingerprint density at radius 1 is 1.00 bits per heavy atom. The van der Waals surface area contributed by atoms with Gasteiger partial charge in [-0.05, 0) is 34.9 Å². The Labute approximate surface area is 175 Å². The summed E-state index contributed by atoms with van der Waals surface area (Å²) < 4.78 is 46.3. The molecule has 3 rings (SSSR count). The molecule has 0 aromatic heterocycles. The quantitative estimate of drug-likeness (QED) is 0.543. The molecule has 4 N–H and O–H groups in total. The number of carboxylic acid groups (broad SMARTS) is 1. The average molecular weight is 442 g/mol. The summed E-state index contributed by atoms with van der Waals surface area (Å²) in [5.74, 6) is -1.72. The summed E-state index contributed by atoms with van der Waals surface area (Å²) in [4.78, 5) is 11.8. The van der Waals surface area contributed by atoms with Crippen molar-refractivity contribution < 1.29 is 47.9 Å². The fourth-order valence-corrected chi connectivity index (χ4v) is 3.52. The van der Waals surface area contributed by atoms with E-state index < -0.39 is 36.2 Å². The normalized spacial score (nSPS) is 26.5. The van der Waals surface area contributed by atoms with Crippen LogP contribution in [0.15, 0.2) is 48.5 Å². The highest BCUT2D eigenvalue weighted by molar-refractivity contribution is 5.78. The first kappa shape index (κ1) is 23.0. The second-order valence-electron chi connectivity index (χ2n) is 7.39. The van der Waals surface area contributed by atoms with Crippen LogP contribution in [0.3, 0.4) is 0 Å². The molecule has 4 atom stereocenters. The van der Waals surface area contributed by atoms with Crippen LogP contribution < -0.4 is 4.74 Å². The van der Waals surface area contributed by atoms with Crippen LogP contribution in [-0.2, 0) is 16.1 Å². The number of aliphatic hydroxyl groups is 3. The Morgan fingerprint density at radius 2 is 1.61 bits per heavy atom. The molecule has 0 radical (unpaired) electrons. The van der Waals surface area contributed by atoms with E-state index in [-0.39, 0.29) is 25.2 Å². The highest BCUT2D eigenvalue weighted by Crippen LogP contribution is 2.34. The lowest BCUT2D eigenvalue weighted by atomic mass is 9.79. The lowest BCUT2D eigenvalue weighted by Gasteiger charge is -2.40. The van der Waals surface area contributed by atoms with E-state index in [1.165, 1.54) is 24.3 Å². The van der Waals surface area contributed by atoms with Crippen LogP contribution in [0.25, 0.3) is 11.1 Å². The van der Waals surface area contributed by atoms with E-state index in [9.17, 15) is 38.4 Å². The number of alkyl halides is 3. The molecule has 0 heterocycles. The van der Waals surface area contributed by atoms with Crippen LogP contribution >= 0.6 is 0 Å². The fraction of sp³-hybridized carbons (Fsp3) is 0.381. The molecule has 1 aliphatic carbocycles. The molecular weight excluding hydrogens is 421 g/mol. The van der Waals surface area contributed by atoms with Crippen molar-refractivity contribution in [3.05, 3.63) is 54.1 Å². The third kappa shape index (κ3) is 5.53. The maximum absolute atomic E-state index is 12.3. The summed E-state index contributed by atoms with van der Waals surface area (Å²) in [6, 6.07) is 12.0. The standard InChI is InChI=1S/C21H21F3O7/c22-21(23,24)31-15-6-4-13(5-7-15)14-3-1-2-12(8-14)11-30-20(19(28)29)9-16(25)18(27)17(26)10-20/h1-8,16-18,25-27H,9-11H2,(H,28,29)/t16-,17+,18?,20?. The van der Waals surface area contributed by atoms with E-state index >= 15 is 0 Å². The van der Waals surface area contributed by atoms with Crippen LogP contribution in [0.2, 0.25) is 0 Å². The first-order valence-electron chi connectivity index (χ1n) is 9.36. The predicted molar refractivity (Wildman–Crippen MR) is 101 cm³/mol. The number of ether oxygens (including phenoxy) is 2. The molecule has 0 spiro atoms. The molecule has 0 amide bonds. The lowest BCUT2D eigenvalue weighted by Crippen LogP contribution is -2.57. The van der Waals surface area contributed by atoms with Gasteiger partial charge < -0.3 is 29.9 Å². The molecule has 2 aromatic carbocycles. The first-order chi connectivity index (χ1) is 14.5. The van der Waals surface area contributed by atoms with Gasteiger partial charge in [0.15, 0.2) is 5.60 Å². The summed E-state index contributed by atoms with van der Waals surface area (Å²) in [7, 11) is 0. The minimum absolute atomic E-state index is 0.162. The molecule has 31 heavy (non-hydrogen) atoms. The Hall–Kier alpha value is -2.66. The van der Waals surface area contributed by atoms with Gasteiger partial charge in [-0.25, -0.2) is 4.79 Å². The van der Waals surface area contributed by atoms with Gasteiger partial charge in [-0.2, -0.15) is 0 Å². The zero-order valence-corrected chi connectivity index (χ0v) is 16.1. The highest BCUT2D eigenvalue weighted by atomic mass is 19.4. The van der Waals surface area contributed by atoms with Crippen molar-refractivity contribution in [2.75, 3.05) is 0 Å². The van der Waals surface area contributed by atoms with E-state index in [1.54, 1.807) is 24.3 Å². The Bertz CT molecular complexity index is 902. The van der Waals surface area contributed by atoms with Gasteiger partial charge in [-0.1, -0.05) is 30.3 Å². The maximum Gasteiger partial charge on any atom is 0.573 e. The van der Waals surface area contributed by atoms with E-state index in [1.807, 2.05) is 0 Å². The number of hydrogen-bond acceptors (Lipinski definition) is 6. The average Bonchev–Trinajstić information content (AvgIpc) is 2.70. The molecule has 7 nitrogen and oxygen atoms in total. The number of halogens is 3. The number of benzene rings is 2. The molecule has 1 fully saturated rings. The van der Waals surface area contributed by atoms with Crippen molar-refractivity contribution >= 4 is 5.97 Å². The molecule has 10 heteroatoms. The highest BCUT2D eigenvalue weighted by Gasteiger charge is 2.50. The maximum atomic E-state index is 12.3. The van der Waals surface area contributed by atoms with Crippen LogP contribution in [0.4, 0.5) is 13.2 Å². The van der Waals surface area contributed by atoms with Gasteiger partial charge >= 0.3 is 12.3 Å². The van der Waals surface area contributed by atoms with Crippen molar-refractivity contribution in [3.63, 3.8) is 0 Å². The number of rotatable bonds is 6. The van der Waals surface area contributed by atoms with Crippen LogP contribution in [0, 0.1) is 0 Å². The van der Waals surface area contributed by atoms with E-state index in [0.29, 0.717) is 16.7 Å². The van der Waals surface area contributed by atoms with Crippen molar-refractivity contribution in [1.29, 1.82) is 0 Å². The minimum atomic E-state index is -4.78. The van der Waals surface area contributed by atoms with Gasteiger partial charge in [0, 0.05) is 12.8 Å². The molecule has 1 aliphatic rings. The van der Waals surface area contributed by atoms with Crippen molar-refractivity contribution in [1.82, 2.24) is 0 Å².